The van der Waals surface area contributed by atoms with Crippen molar-refractivity contribution in [3.63, 3.8) is 0 Å². The van der Waals surface area contributed by atoms with Crippen molar-refractivity contribution in [2.75, 3.05) is 47.0 Å². The number of piperidine rings is 1. The van der Waals surface area contributed by atoms with Gasteiger partial charge in [0.15, 0.2) is 11.5 Å². The minimum absolute atomic E-state index is 0.202. The van der Waals surface area contributed by atoms with Gasteiger partial charge in [0.25, 0.3) is 0 Å². The van der Waals surface area contributed by atoms with Gasteiger partial charge < -0.3 is 34.6 Å². The number of β-amino-alcohol motifs (C(OH)–C–C–N with tert-alkyl or cyclic N) is 1. The summed E-state index contributed by atoms with van der Waals surface area (Å²) in [7, 11) is 3.30. The SMILES string of the molecule is COc1cccc(CCNCc2ccc(OCC(O)CN3CCC(O)CC3)c(OC)c2)c1. The lowest BCUT2D eigenvalue weighted by Gasteiger charge is -2.30. The number of ether oxygens (including phenoxy) is 3. The lowest BCUT2D eigenvalue weighted by atomic mass is 10.1. The summed E-state index contributed by atoms with van der Waals surface area (Å²) in [5.41, 5.74) is 2.34. The van der Waals surface area contributed by atoms with Crippen molar-refractivity contribution in [2.24, 2.45) is 0 Å². The first kappa shape index (κ1) is 24.3. The minimum atomic E-state index is -0.590. The van der Waals surface area contributed by atoms with E-state index in [1.54, 1.807) is 14.2 Å². The predicted octanol–water partition coefficient (Wildman–Crippen LogP) is 2.23. The van der Waals surface area contributed by atoms with Crippen LogP contribution in [0.4, 0.5) is 0 Å². The third kappa shape index (κ3) is 7.67. The summed E-state index contributed by atoms with van der Waals surface area (Å²) >= 11 is 0. The maximum Gasteiger partial charge on any atom is 0.161 e. The summed E-state index contributed by atoms with van der Waals surface area (Å²) in [5, 5.41) is 23.4. The minimum Gasteiger partial charge on any atom is -0.497 e. The van der Waals surface area contributed by atoms with Gasteiger partial charge >= 0.3 is 0 Å². The number of nitrogens with zero attached hydrogens (tertiary/aromatic N) is 1. The van der Waals surface area contributed by atoms with Crippen molar-refractivity contribution in [1.82, 2.24) is 10.2 Å². The molecule has 0 radical (unpaired) electrons. The van der Waals surface area contributed by atoms with Gasteiger partial charge in [0, 0.05) is 26.2 Å². The summed E-state index contributed by atoms with van der Waals surface area (Å²) in [6.45, 7) is 3.94. The standard InChI is InChI=1S/C25H36N2O5/c1-30-23-5-3-4-19(14-23)8-11-26-16-20-6-7-24(25(15-20)31-2)32-18-22(29)17-27-12-9-21(28)10-13-27/h3-7,14-15,21-22,26,28-29H,8-13,16-18H2,1-2H3. The second-order valence-corrected chi connectivity index (χ2v) is 8.26. The van der Waals surface area contributed by atoms with Gasteiger partial charge in [-0.2, -0.15) is 0 Å². The molecule has 3 N–H and O–H groups in total. The van der Waals surface area contributed by atoms with Gasteiger partial charge in [-0.25, -0.2) is 0 Å². The number of aliphatic hydroxyl groups excluding tert-OH is 2. The van der Waals surface area contributed by atoms with Crippen LogP contribution in [0.2, 0.25) is 0 Å². The van der Waals surface area contributed by atoms with Gasteiger partial charge in [-0.3, -0.25) is 0 Å². The van der Waals surface area contributed by atoms with Crippen LogP contribution in [0.3, 0.4) is 0 Å². The van der Waals surface area contributed by atoms with Crippen LogP contribution in [-0.2, 0) is 13.0 Å². The third-order valence-corrected chi connectivity index (χ3v) is 5.74. The van der Waals surface area contributed by atoms with E-state index in [0.29, 0.717) is 18.0 Å². The molecule has 0 spiro atoms. The van der Waals surface area contributed by atoms with Crippen LogP contribution in [0.15, 0.2) is 42.5 Å². The average molecular weight is 445 g/mol. The van der Waals surface area contributed by atoms with E-state index in [-0.39, 0.29) is 12.7 Å². The molecule has 0 aliphatic carbocycles. The number of hydrogen-bond acceptors (Lipinski definition) is 7. The fourth-order valence-electron chi connectivity index (χ4n) is 3.87. The Kier molecular flexibility index (Phi) is 9.62. The molecule has 1 aliphatic heterocycles. The topological polar surface area (TPSA) is 83.4 Å². The van der Waals surface area contributed by atoms with E-state index in [0.717, 1.165) is 56.8 Å². The molecular formula is C25H36N2O5. The van der Waals surface area contributed by atoms with E-state index in [2.05, 4.69) is 22.3 Å². The molecule has 2 aromatic rings. The van der Waals surface area contributed by atoms with Crippen molar-refractivity contribution >= 4 is 0 Å². The number of aliphatic hydroxyl groups is 2. The Morgan fingerprint density at radius 1 is 1.03 bits per heavy atom. The highest BCUT2D eigenvalue weighted by Crippen LogP contribution is 2.28. The molecule has 7 nitrogen and oxygen atoms in total. The number of likely N-dealkylation sites (tertiary alicyclic amines) is 1. The van der Waals surface area contributed by atoms with Crippen molar-refractivity contribution in [1.29, 1.82) is 0 Å². The molecule has 1 aliphatic rings. The average Bonchev–Trinajstić information content (AvgIpc) is 2.82. The third-order valence-electron chi connectivity index (χ3n) is 5.74. The zero-order valence-electron chi connectivity index (χ0n) is 19.1. The highest BCUT2D eigenvalue weighted by Gasteiger charge is 2.20. The van der Waals surface area contributed by atoms with Gasteiger partial charge in [0.1, 0.15) is 18.5 Å². The van der Waals surface area contributed by atoms with E-state index in [1.165, 1.54) is 5.56 Å². The van der Waals surface area contributed by atoms with Crippen LogP contribution < -0.4 is 19.5 Å². The maximum absolute atomic E-state index is 10.3. The molecular weight excluding hydrogens is 408 g/mol. The van der Waals surface area contributed by atoms with Crippen molar-refractivity contribution in [2.45, 2.75) is 38.0 Å². The smallest absolute Gasteiger partial charge is 0.161 e. The van der Waals surface area contributed by atoms with E-state index >= 15 is 0 Å². The molecule has 1 heterocycles. The number of benzene rings is 2. The fourth-order valence-corrected chi connectivity index (χ4v) is 3.87. The molecule has 3 rings (SSSR count). The second-order valence-electron chi connectivity index (χ2n) is 8.26. The first-order chi connectivity index (χ1) is 15.6. The van der Waals surface area contributed by atoms with Crippen LogP contribution >= 0.6 is 0 Å². The Morgan fingerprint density at radius 3 is 2.59 bits per heavy atom. The van der Waals surface area contributed by atoms with E-state index in [4.69, 9.17) is 14.2 Å². The van der Waals surface area contributed by atoms with Crippen molar-refractivity contribution in [3.05, 3.63) is 53.6 Å². The Bertz CT molecular complexity index is 824. The zero-order chi connectivity index (χ0) is 22.8. The number of hydrogen-bond donors (Lipinski definition) is 3. The van der Waals surface area contributed by atoms with Crippen LogP contribution in [-0.4, -0.2) is 74.3 Å². The Hall–Kier alpha value is -2.32. The number of rotatable bonds is 12. The summed E-state index contributed by atoms with van der Waals surface area (Å²) in [4.78, 5) is 2.16. The molecule has 1 atom stereocenters. The Balaban J connectivity index is 1.42. The molecule has 0 bridgehead atoms. The van der Waals surface area contributed by atoms with Crippen molar-refractivity contribution in [3.8, 4) is 17.2 Å². The van der Waals surface area contributed by atoms with Crippen molar-refractivity contribution < 1.29 is 24.4 Å². The lowest BCUT2D eigenvalue weighted by molar-refractivity contribution is 0.0333. The van der Waals surface area contributed by atoms with Gasteiger partial charge in [-0.15, -0.1) is 0 Å². The number of methoxy groups -OCH3 is 2. The second kappa shape index (κ2) is 12.6. The summed E-state index contributed by atoms with van der Waals surface area (Å²) in [6.07, 6.45) is 1.64. The Labute approximate surface area is 190 Å². The Morgan fingerprint density at radius 2 is 1.84 bits per heavy atom. The quantitative estimate of drug-likeness (QED) is 0.433. The zero-order valence-corrected chi connectivity index (χ0v) is 19.1. The molecule has 1 saturated heterocycles. The normalized spacial score (nSPS) is 16.0. The largest absolute Gasteiger partial charge is 0.497 e. The van der Waals surface area contributed by atoms with E-state index < -0.39 is 6.10 Å². The first-order valence-electron chi connectivity index (χ1n) is 11.3. The fraction of sp³-hybridized carbons (Fsp3) is 0.520. The summed E-state index contributed by atoms with van der Waals surface area (Å²) < 4.78 is 16.6. The summed E-state index contributed by atoms with van der Waals surface area (Å²) in [5.74, 6) is 2.16. The molecule has 176 valence electrons. The maximum atomic E-state index is 10.3. The predicted molar refractivity (Wildman–Crippen MR) is 125 cm³/mol. The highest BCUT2D eigenvalue weighted by atomic mass is 16.5. The van der Waals surface area contributed by atoms with Crippen LogP contribution in [0.25, 0.3) is 0 Å². The highest BCUT2D eigenvalue weighted by molar-refractivity contribution is 5.43. The van der Waals surface area contributed by atoms with Gasteiger partial charge in [-0.1, -0.05) is 18.2 Å². The van der Waals surface area contributed by atoms with Crippen LogP contribution in [0.1, 0.15) is 24.0 Å². The molecule has 0 amide bonds. The van der Waals surface area contributed by atoms with Gasteiger partial charge in [0.05, 0.1) is 20.3 Å². The van der Waals surface area contributed by atoms with Crippen LogP contribution in [0, 0.1) is 0 Å². The lowest BCUT2D eigenvalue weighted by Crippen LogP contribution is -2.41. The summed E-state index contributed by atoms with van der Waals surface area (Å²) in [6, 6.07) is 14.0. The molecule has 1 unspecified atom stereocenters. The molecule has 0 aromatic heterocycles. The van der Waals surface area contributed by atoms with Gasteiger partial charge in [-0.05, 0) is 61.2 Å². The van der Waals surface area contributed by atoms with Crippen LogP contribution in [0.5, 0.6) is 17.2 Å². The molecule has 32 heavy (non-hydrogen) atoms. The molecule has 7 heteroatoms. The molecule has 2 aromatic carbocycles. The monoisotopic (exact) mass is 444 g/mol. The first-order valence-corrected chi connectivity index (χ1v) is 11.3. The van der Waals surface area contributed by atoms with Gasteiger partial charge in [0.2, 0.25) is 0 Å². The van der Waals surface area contributed by atoms with E-state index in [1.807, 2.05) is 30.3 Å². The molecule has 0 saturated carbocycles. The number of nitrogens with one attached hydrogen (secondary N) is 1. The molecule has 1 fully saturated rings. The van der Waals surface area contributed by atoms with E-state index in [9.17, 15) is 10.2 Å².